The highest BCUT2D eigenvalue weighted by atomic mass is 16.5. The zero-order valence-electron chi connectivity index (χ0n) is 18.9. The molecule has 0 aliphatic rings. The molecule has 0 aliphatic carbocycles. The van der Waals surface area contributed by atoms with Gasteiger partial charge < -0.3 is 30.2 Å². The molecular formula is C24H28N6O3. The van der Waals surface area contributed by atoms with E-state index in [2.05, 4.69) is 25.6 Å². The summed E-state index contributed by atoms with van der Waals surface area (Å²) in [5.74, 6) is 1.37. The first kappa shape index (κ1) is 22.3. The lowest BCUT2D eigenvalue weighted by atomic mass is 10.1. The number of para-hydroxylation sites is 1. The fraction of sp³-hybridized carbons (Fsp3) is 0.292. The number of anilines is 2. The number of fused-ring (bicyclic) bond motifs is 1. The van der Waals surface area contributed by atoms with Gasteiger partial charge in [-0.3, -0.25) is 0 Å². The van der Waals surface area contributed by atoms with E-state index in [-0.39, 0.29) is 12.3 Å². The Bertz CT molecular complexity index is 1230. The summed E-state index contributed by atoms with van der Waals surface area (Å²) in [7, 11) is 1.51. The molecule has 172 valence electrons. The molecule has 0 bridgehead atoms. The number of methoxy groups -OCH3 is 1. The standard InChI is InChI=1S/C24H28N6O3/c1-24(2,32)14-26-23-28-21(25-12-17-10-7-11-18(33-3)20(17)31)19-22(29-23)30(15-27-19)13-16-8-5-4-6-9-16/h4-11,15,31-32H,12-14H2,1-3H3,(H2,25,26,28,29). The molecule has 0 saturated heterocycles. The fourth-order valence-electron chi connectivity index (χ4n) is 3.39. The number of benzene rings is 2. The molecule has 2 aromatic heterocycles. The van der Waals surface area contributed by atoms with Crippen LogP contribution in [0.1, 0.15) is 25.0 Å². The molecule has 0 radical (unpaired) electrons. The molecule has 0 aliphatic heterocycles. The smallest absolute Gasteiger partial charge is 0.226 e. The van der Waals surface area contributed by atoms with Gasteiger partial charge in [0.1, 0.15) is 0 Å². The molecule has 0 fully saturated rings. The number of rotatable bonds is 9. The van der Waals surface area contributed by atoms with E-state index in [1.807, 2.05) is 47.0 Å². The predicted octanol–water partition coefficient (Wildman–Crippen LogP) is 3.38. The maximum Gasteiger partial charge on any atom is 0.226 e. The monoisotopic (exact) mass is 448 g/mol. The molecule has 4 N–H and O–H groups in total. The van der Waals surface area contributed by atoms with Crippen LogP contribution >= 0.6 is 0 Å². The number of phenols is 1. The number of imidazole rings is 1. The predicted molar refractivity (Wildman–Crippen MR) is 128 cm³/mol. The van der Waals surface area contributed by atoms with Crippen molar-refractivity contribution in [2.24, 2.45) is 0 Å². The Balaban J connectivity index is 1.68. The van der Waals surface area contributed by atoms with Crippen molar-refractivity contribution in [3.8, 4) is 11.5 Å². The van der Waals surface area contributed by atoms with Gasteiger partial charge in [0.15, 0.2) is 28.5 Å². The van der Waals surface area contributed by atoms with Gasteiger partial charge in [-0.25, -0.2) is 4.98 Å². The average molecular weight is 449 g/mol. The minimum Gasteiger partial charge on any atom is -0.504 e. The largest absolute Gasteiger partial charge is 0.504 e. The second-order valence-corrected chi connectivity index (χ2v) is 8.41. The lowest BCUT2D eigenvalue weighted by Gasteiger charge is -2.18. The molecule has 0 unspecified atom stereocenters. The molecule has 4 rings (SSSR count). The molecule has 2 aromatic carbocycles. The van der Waals surface area contributed by atoms with E-state index in [9.17, 15) is 10.2 Å². The summed E-state index contributed by atoms with van der Waals surface area (Å²) in [5.41, 5.74) is 2.13. The first-order valence-corrected chi connectivity index (χ1v) is 10.7. The summed E-state index contributed by atoms with van der Waals surface area (Å²) < 4.78 is 7.15. The highest BCUT2D eigenvalue weighted by Gasteiger charge is 2.17. The van der Waals surface area contributed by atoms with Crippen molar-refractivity contribution in [2.75, 3.05) is 24.3 Å². The number of aliphatic hydroxyl groups is 1. The third-order valence-electron chi connectivity index (χ3n) is 5.09. The molecule has 33 heavy (non-hydrogen) atoms. The van der Waals surface area contributed by atoms with Crippen molar-refractivity contribution < 1.29 is 14.9 Å². The van der Waals surface area contributed by atoms with Crippen LogP contribution in [0.2, 0.25) is 0 Å². The molecule has 4 aromatic rings. The van der Waals surface area contributed by atoms with E-state index < -0.39 is 5.60 Å². The van der Waals surface area contributed by atoms with Gasteiger partial charge >= 0.3 is 0 Å². The van der Waals surface area contributed by atoms with Gasteiger partial charge in [0.25, 0.3) is 0 Å². The van der Waals surface area contributed by atoms with Crippen LogP contribution in [0.25, 0.3) is 11.2 Å². The summed E-state index contributed by atoms with van der Waals surface area (Å²) in [4.78, 5) is 13.8. The Morgan fingerprint density at radius 2 is 1.82 bits per heavy atom. The molecule has 9 heteroatoms. The first-order chi connectivity index (χ1) is 15.8. The van der Waals surface area contributed by atoms with E-state index >= 15 is 0 Å². The number of nitrogens with one attached hydrogen (secondary N) is 2. The second kappa shape index (κ2) is 9.33. The van der Waals surface area contributed by atoms with Crippen molar-refractivity contribution in [1.29, 1.82) is 0 Å². The van der Waals surface area contributed by atoms with Crippen LogP contribution < -0.4 is 15.4 Å². The summed E-state index contributed by atoms with van der Waals surface area (Å²) >= 11 is 0. The molecular weight excluding hydrogens is 420 g/mol. The topological polar surface area (TPSA) is 117 Å². The summed E-state index contributed by atoms with van der Waals surface area (Å²) in [6.07, 6.45) is 1.74. The van der Waals surface area contributed by atoms with Gasteiger partial charge in [-0.2, -0.15) is 9.97 Å². The van der Waals surface area contributed by atoms with E-state index in [4.69, 9.17) is 4.74 Å². The average Bonchev–Trinajstić information content (AvgIpc) is 3.20. The van der Waals surface area contributed by atoms with Gasteiger partial charge in [0.05, 0.1) is 25.6 Å². The van der Waals surface area contributed by atoms with Gasteiger partial charge in [-0.05, 0) is 25.5 Å². The van der Waals surface area contributed by atoms with Crippen molar-refractivity contribution in [1.82, 2.24) is 19.5 Å². The quantitative estimate of drug-likeness (QED) is 0.308. The van der Waals surface area contributed by atoms with Crippen molar-refractivity contribution in [3.05, 3.63) is 66.0 Å². The summed E-state index contributed by atoms with van der Waals surface area (Å²) in [5, 5.41) is 26.9. The van der Waals surface area contributed by atoms with Crippen LogP contribution in [0.5, 0.6) is 11.5 Å². The van der Waals surface area contributed by atoms with Gasteiger partial charge in [-0.15, -0.1) is 0 Å². The normalized spacial score (nSPS) is 11.5. The number of hydrogen-bond acceptors (Lipinski definition) is 8. The van der Waals surface area contributed by atoms with Crippen LogP contribution in [-0.4, -0.2) is 49.0 Å². The number of aromatic nitrogens is 4. The van der Waals surface area contributed by atoms with E-state index in [1.165, 1.54) is 7.11 Å². The number of aromatic hydroxyl groups is 1. The fourth-order valence-corrected chi connectivity index (χ4v) is 3.39. The van der Waals surface area contributed by atoms with E-state index in [1.54, 1.807) is 26.2 Å². The molecule has 9 nitrogen and oxygen atoms in total. The Morgan fingerprint density at radius 1 is 1.03 bits per heavy atom. The zero-order valence-corrected chi connectivity index (χ0v) is 18.9. The minimum atomic E-state index is -0.928. The van der Waals surface area contributed by atoms with Crippen LogP contribution in [0, 0.1) is 0 Å². The highest BCUT2D eigenvalue weighted by molar-refractivity contribution is 5.84. The van der Waals surface area contributed by atoms with Crippen LogP contribution in [-0.2, 0) is 13.1 Å². The van der Waals surface area contributed by atoms with Crippen molar-refractivity contribution in [3.63, 3.8) is 0 Å². The SMILES string of the molecule is COc1cccc(CNc2nc(NCC(C)(C)O)nc3c2ncn3Cc2ccccc2)c1O. The molecule has 0 atom stereocenters. The number of nitrogens with zero attached hydrogens (tertiary/aromatic N) is 4. The summed E-state index contributed by atoms with van der Waals surface area (Å²) in [6, 6.07) is 15.4. The van der Waals surface area contributed by atoms with Crippen LogP contribution in [0.15, 0.2) is 54.9 Å². The summed E-state index contributed by atoms with van der Waals surface area (Å²) in [6.45, 7) is 4.62. The molecule has 0 spiro atoms. The zero-order chi connectivity index (χ0) is 23.4. The van der Waals surface area contributed by atoms with E-state index in [0.717, 1.165) is 5.56 Å². The Labute approximate surface area is 192 Å². The lowest BCUT2D eigenvalue weighted by Crippen LogP contribution is -2.30. The minimum absolute atomic E-state index is 0.0767. The van der Waals surface area contributed by atoms with Gasteiger partial charge in [-0.1, -0.05) is 42.5 Å². The van der Waals surface area contributed by atoms with E-state index in [0.29, 0.717) is 47.3 Å². The number of hydrogen-bond donors (Lipinski definition) is 4. The van der Waals surface area contributed by atoms with Crippen molar-refractivity contribution >= 4 is 22.9 Å². The van der Waals surface area contributed by atoms with Gasteiger partial charge in [0, 0.05) is 18.7 Å². The Morgan fingerprint density at radius 3 is 2.55 bits per heavy atom. The highest BCUT2D eigenvalue weighted by Crippen LogP contribution is 2.30. The second-order valence-electron chi connectivity index (χ2n) is 8.41. The third kappa shape index (κ3) is 5.32. The van der Waals surface area contributed by atoms with Crippen LogP contribution in [0.4, 0.5) is 11.8 Å². The van der Waals surface area contributed by atoms with Crippen LogP contribution in [0.3, 0.4) is 0 Å². The number of ether oxygens (including phenoxy) is 1. The maximum atomic E-state index is 10.4. The third-order valence-corrected chi connectivity index (χ3v) is 5.09. The Hall–Kier alpha value is -3.85. The first-order valence-electron chi connectivity index (χ1n) is 10.7. The van der Waals surface area contributed by atoms with Gasteiger partial charge in [0.2, 0.25) is 5.95 Å². The lowest BCUT2D eigenvalue weighted by molar-refractivity contribution is 0.0943. The molecule has 0 amide bonds. The molecule has 0 saturated carbocycles. The van der Waals surface area contributed by atoms with Crippen molar-refractivity contribution in [2.45, 2.75) is 32.5 Å². The maximum absolute atomic E-state index is 10.4. The Kier molecular flexibility index (Phi) is 6.32. The molecule has 2 heterocycles. The number of phenolic OH excluding ortho intramolecular Hbond substituents is 1.